The fraction of sp³-hybridized carbons (Fsp3) is 0.179. The summed E-state index contributed by atoms with van der Waals surface area (Å²) >= 11 is 5.31. The Bertz CT molecular complexity index is 1680. The van der Waals surface area contributed by atoms with Crippen LogP contribution in [0.15, 0.2) is 71.7 Å². The standard InChI is InChI=1S/C28H26N4O3S/c1-16(11-18-5-4-6-19(12-18)17(2)36)22-14-23(26(34)15-25(22)33)27-29-30-28(35)32(27)21-7-8-24-20(13-21)9-10-31(24)3/h4-10,12-16,33-34H,11H2,1-3H3,(H,30,35). The van der Waals surface area contributed by atoms with Crippen LogP contribution in [-0.4, -0.2) is 34.4 Å². The Hall–Kier alpha value is -4.17. The minimum atomic E-state index is -0.422. The minimum absolute atomic E-state index is 0.0129. The van der Waals surface area contributed by atoms with Gasteiger partial charge in [0.1, 0.15) is 11.5 Å². The summed E-state index contributed by atoms with van der Waals surface area (Å²) in [4.78, 5) is 13.6. The number of thiocarbonyl (C=S) groups is 1. The molecule has 0 aliphatic carbocycles. The van der Waals surface area contributed by atoms with E-state index in [-0.39, 0.29) is 23.2 Å². The van der Waals surface area contributed by atoms with Crippen LogP contribution in [0.1, 0.15) is 36.5 Å². The average molecular weight is 499 g/mol. The molecule has 182 valence electrons. The van der Waals surface area contributed by atoms with E-state index in [1.165, 1.54) is 10.6 Å². The molecule has 8 heteroatoms. The molecule has 36 heavy (non-hydrogen) atoms. The highest BCUT2D eigenvalue weighted by Crippen LogP contribution is 2.38. The van der Waals surface area contributed by atoms with E-state index in [1.807, 2.05) is 74.1 Å². The maximum absolute atomic E-state index is 12.8. The first-order chi connectivity index (χ1) is 17.2. The smallest absolute Gasteiger partial charge is 0.348 e. The van der Waals surface area contributed by atoms with Gasteiger partial charge in [-0.25, -0.2) is 14.5 Å². The van der Waals surface area contributed by atoms with E-state index < -0.39 is 5.69 Å². The second-order valence-corrected chi connectivity index (χ2v) is 9.76. The lowest BCUT2D eigenvalue weighted by atomic mass is 9.90. The monoisotopic (exact) mass is 498 g/mol. The molecule has 3 aromatic carbocycles. The molecule has 0 bridgehead atoms. The van der Waals surface area contributed by atoms with E-state index in [9.17, 15) is 15.0 Å². The van der Waals surface area contributed by atoms with Gasteiger partial charge in [-0.15, -0.1) is 0 Å². The highest BCUT2D eigenvalue weighted by molar-refractivity contribution is 7.80. The predicted octanol–water partition coefficient (Wildman–Crippen LogP) is 5.21. The van der Waals surface area contributed by atoms with Crippen LogP contribution in [0.3, 0.4) is 0 Å². The van der Waals surface area contributed by atoms with Crippen molar-refractivity contribution in [1.29, 1.82) is 0 Å². The van der Waals surface area contributed by atoms with Crippen LogP contribution >= 0.6 is 12.2 Å². The number of rotatable bonds is 6. The molecule has 5 rings (SSSR count). The van der Waals surface area contributed by atoms with Gasteiger partial charge < -0.3 is 14.8 Å². The molecule has 3 N–H and O–H groups in total. The number of phenols is 2. The second kappa shape index (κ2) is 9.13. The van der Waals surface area contributed by atoms with Crippen molar-refractivity contribution in [2.75, 3.05) is 0 Å². The SMILES string of the molecule is CC(=S)c1cccc(CC(C)c2cc(-c3n[nH]c(=O)n3-c3ccc4c(ccn4C)c3)c(O)cc2O)c1. The van der Waals surface area contributed by atoms with Gasteiger partial charge in [-0.2, -0.15) is 5.10 Å². The maximum Gasteiger partial charge on any atom is 0.348 e. The molecule has 0 amide bonds. The van der Waals surface area contributed by atoms with E-state index in [4.69, 9.17) is 12.2 Å². The zero-order chi connectivity index (χ0) is 25.6. The molecular weight excluding hydrogens is 472 g/mol. The van der Waals surface area contributed by atoms with Gasteiger partial charge in [0.2, 0.25) is 0 Å². The number of aryl methyl sites for hydroxylation is 1. The number of aromatic amines is 1. The second-order valence-electron chi connectivity index (χ2n) is 9.15. The molecule has 0 spiro atoms. The Morgan fingerprint density at radius 2 is 1.89 bits per heavy atom. The number of phenolic OH excluding ortho intramolecular Hbond substituents is 2. The largest absolute Gasteiger partial charge is 0.508 e. The van der Waals surface area contributed by atoms with E-state index in [1.54, 1.807) is 6.07 Å². The fourth-order valence-corrected chi connectivity index (χ4v) is 4.80. The first kappa shape index (κ1) is 23.6. The molecule has 2 heterocycles. The van der Waals surface area contributed by atoms with Crippen molar-refractivity contribution in [2.45, 2.75) is 26.2 Å². The van der Waals surface area contributed by atoms with E-state index in [2.05, 4.69) is 16.3 Å². The Kier molecular flexibility index (Phi) is 5.97. The molecule has 1 atom stereocenters. The Morgan fingerprint density at radius 3 is 2.67 bits per heavy atom. The van der Waals surface area contributed by atoms with E-state index in [0.29, 0.717) is 23.2 Å². The molecule has 7 nitrogen and oxygen atoms in total. The molecule has 0 saturated heterocycles. The zero-order valence-electron chi connectivity index (χ0n) is 20.2. The molecule has 0 aliphatic heterocycles. The van der Waals surface area contributed by atoms with Crippen LogP contribution in [0.2, 0.25) is 0 Å². The lowest BCUT2D eigenvalue weighted by molar-refractivity contribution is 0.443. The number of nitrogens with one attached hydrogen (secondary N) is 1. The third kappa shape index (κ3) is 4.20. The summed E-state index contributed by atoms with van der Waals surface area (Å²) in [5.41, 5.74) is 4.32. The van der Waals surface area contributed by atoms with Gasteiger partial charge in [-0.05, 0) is 66.3 Å². The van der Waals surface area contributed by atoms with Gasteiger partial charge >= 0.3 is 5.69 Å². The molecule has 0 saturated carbocycles. The van der Waals surface area contributed by atoms with Crippen LogP contribution < -0.4 is 5.69 Å². The number of nitrogens with zero attached hydrogens (tertiary/aromatic N) is 3. The highest BCUT2D eigenvalue weighted by Gasteiger charge is 2.21. The molecule has 1 unspecified atom stereocenters. The van der Waals surface area contributed by atoms with Crippen LogP contribution in [0.4, 0.5) is 0 Å². The van der Waals surface area contributed by atoms with Crippen LogP contribution in [0, 0.1) is 0 Å². The highest BCUT2D eigenvalue weighted by atomic mass is 32.1. The Morgan fingerprint density at radius 1 is 1.08 bits per heavy atom. The van der Waals surface area contributed by atoms with Crippen molar-refractivity contribution < 1.29 is 10.2 Å². The summed E-state index contributed by atoms with van der Waals surface area (Å²) < 4.78 is 3.43. The number of aromatic hydroxyl groups is 2. The van der Waals surface area contributed by atoms with Crippen LogP contribution in [0.5, 0.6) is 11.5 Å². The first-order valence-corrected chi connectivity index (χ1v) is 12.0. The third-order valence-electron chi connectivity index (χ3n) is 6.59. The number of fused-ring (bicyclic) bond motifs is 1. The number of H-pyrrole nitrogens is 1. The minimum Gasteiger partial charge on any atom is -0.508 e. The van der Waals surface area contributed by atoms with Gasteiger partial charge in [0.05, 0.1) is 11.3 Å². The molecule has 5 aromatic rings. The summed E-state index contributed by atoms with van der Waals surface area (Å²) in [6.45, 7) is 3.91. The number of hydrogen-bond donors (Lipinski definition) is 3. The maximum atomic E-state index is 12.8. The predicted molar refractivity (Wildman–Crippen MR) is 145 cm³/mol. The summed E-state index contributed by atoms with van der Waals surface area (Å²) in [5, 5.41) is 29.1. The van der Waals surface area contributed by atoms with Gasteiger partial charge in [0.25, 0.3) is 0 Å². The number of benzene rings is 3. The lowest BCUT2D eigenvalue weighted by Crippen LogP contribution is -2.15. The van der Waals surface area contributed by atoms with Crippen molar-refractivity contribution in [3.63, 3.8) is 0 Å². The number of aromatic nitrogens is 4. The number of hydrogen-bond acceptors (Lipinski definition) is 5. The van der Waals surface area contributed by atoms with Gasteiger partial charge in [0.15, 0.2) is 5.82 Å². The van der Waals surface area contributed by atoms with Crippen molar-refractivity contribution in [1.82, 2.24) is 19.3 Å². The molecule has 0 radical (unpaired) electrons. The van der Waals surface area contributed by atoms with Crippen LogP contribution in [0.25, 0.3) is 28.0 Å². The lowest BCUT2D eigenvalue weighted by Gasteiger charge is -2.17. The van der Waals surface area contributed by atoms with Crippen molar-refractivity contribution >= 4 is 28.0 Å². The summed E-state index contributed by atoms with van der Waals surface area (Å²) in [6, 6.07) is 18.7. The first-order valence-electron chi connectivity index (χ1n) is 11.6. The topological polar surface area (TPSA) is 96.1 Å². The van der Waals surface area contributed by atoms with E-state index in [0.717, 1.165) is 26.9 Å². The van der Waals surface area contributed by atoms with Gasteiger partial charge in [0, 0.05) is 35.1 Å². The van der Waals surface area contributed by atoms with Crippen molar-refractivity contribution in [2.24, 2.45) is 7.05 Å². The average Bonchev–Trinajstić information content (AvgIpc) is 3.41. The molecule has 0 fully saturated rings. The molecule has 2 aromatic heterocycles. The Labute approximate surface area is 213 Å². The van der Waals surface area contributed by atoms with Crippen molar-refractivity contribution in [3.8, 4) is 28.6 Å². The normalized spacial score (nSPS) is 12.2. The summed E-state index contributed by atoms with van der Waals surface area (Å²) in [7, 11) is 1.96. The third-order valence-corrected chi connectivity index (χ3v) is 6.83. The summed E-state index contributed by atoms with van der Waals surface area (Å²) in [6.07, 6.45) is 2.61. The Balaban J connectivity index is 1.56. The van der Waals surface area contributed by atoms with E-state index >= 15 is 0 Å². The van der Waals surface area contributed by atoms with Gasteiger partial charge in [-0.3, -0.25) is 0 Å². The van der Waals surface area contributed by atoms with Crippen molar-refractivity contribution in [3.05, 3.63) is 94.0 Å². The molecular formula is C28H26N4O3S. The van der Waals surface area contributed by atoms with Crippen LogP contribution in [-0.2, 0) is 13.5 Å². The van der Waals surface area contributed by atoms with Gasteiger partial charge in [-0.1, -0.05) is 43.4 Å². The quantitative estimate of drug-likeness (QED) is 0.221. The fourth-order valence-electron chi connectivity index (χ4n) is 4.67. The molecule has 0 aliphatic rings. The summed E-state index contributed by atoms with van der Waals surface area (Å²) in [5.74, 6) is 0.00763. The zero-order valence-corrected chi connectivity index (χ0v) is 21.0.